The summed E-state index contributed by atoms with van der Waals surface area (Å²) in [5.74, 6) is -0.451. The Hall–Kier alpha value is -1.62. The highest BCUT2D eigenvalue weighted by atomic mass is 19.1. The Morgan fingerprint density at radius 2 is 2.05 bits per heavy atom. The van der Waals surface area contributed by atoms with E-state index in [1.165, 1.54) is 12.1 Å². The summed E-state index contributed by atoms with van der Waals surface area (Å²) in [7, 11) is 0. The summed E-state index contributed by atoms with van der Waals surface area (Å²) < 4.78 is 18.2. The monoisotopic (exact) mass is 295 g/mol. The molecule has 2 N–H and O–H groups in total. The largest absolute Gasteiger partial charge is 0.494 e. The molecule has 1 fully saturated rings. The lowest BCUT2D eigenvalue weighted by molar-refractivity contribution is -0.144. The molecule has 1 aliphatic rings. The number of carbonyl (C=O) groups is 1. The Balaban J connectivity index is 1.67. The highest BCUT2D eigenvalue weighted by Gasteiger charge is 2.37. The van der Waals surface area contributed by atoms with Crippen LogP contribution in [0.4, 0.5) is 4.39 Å². The van der Waals surface area contributed by atoms with Crippen LogP contribution in [0, 0.1) is 5.82 Å². The van der Waals surface area contributed by atoms with Crippen molar-refractivity contribution < 1.29 is 19.0 Å². The summed E-state index contributed by atoms with van der Waals surface area (Å²) in [5.41, 5.74) is -0.850. The van der Waals surface area contributed by atoms with E-state index >= 15 is 0 Å². The molecule has 0 spiro atoms. The lowest BCUT2D eigenvalue weighted by atomic mass is 9.95. The molecule has 0 bridgehead atoms. The third-order valence-electron chi connectivity index (χ3n) is 3.73. The molecular weight excluding hydrogens is 273 g/mol. The molecule has 116 valence electrons. The minimum absolute atomic E-state index is 0.286. The maximum atomic E-state index is 12.7. The topological polar surface area (TPSA) is 58.6 Å². The molecule has 1 unspecified atom stereocenters. The molecule has 0 heterocycles. The van der Waals surface area contributed by atoms with Crippen molar-refractivity contribution in [2.75, 3.05) is 6.61 Å². The molecule has 1 saturated carbocycles. The molecule has 21 heavy (non-hydrogen) atoms. The van der Waals surface area contributed by atoms with E-state index in [4.69, 9.17) is 4.74 Å². The average molecular weight is 295 g/mol. The SMILES string of the molecule is CC(CCCCOc1ccc(F)cc1)(NC1CC1)C(=O)O. The zero-order chi connectivity index (χ0) is 15.3. The van der Waals surface area contributed by atoms with Crippen molar-refractivity contribution >= 4 is 5.97 Å². The van der Waals surface area contributed by atoms with Gasteiger partial charge in [0.15, 0.2) is 0 Å². The molecular formula is C16H22FNO3. The number of carboxylic acids is 1. The second-order valence-electron chi connectivity index (χ2n) is 5.82. The van der Waals surface area contributed by atoms with Crippen LogP contribution < -0.4 is 10.1 Å². The van der Waals surface area contributed by atoms with Crippen molar-refractivity contribution in [1.29, 1.82) is 0 Å². The van der Waals surface area contributed by atoms with Gasteiger partial charge < -0.3 is 9.84 Å². The van der Waals surface area contributed by atoms with Crippen molar-refractivity contribution in [2.24, 2.45) is 0 Å². The predicted molar refractivity (Wildman–Crippen MR) is 77.9 cm³/mol. The van der Waals surface area contributed by atoms with Crippen molar-refractivity contribution in [3.63, 3.8) is 0 Å². The van der Waals surface area contributed by atoms with Gasteiger partial charge in [-0.25, -0.2) is 4.39 Å². The van der Waals surface area contributed by atoms with Crippen LogP contribution in [0.3, 0.4) is 0 Å². The number of hydrogen-bond acceptors (Lipinski definition) is 3. The molecule has 1 aromatic rings. The first kappa shape index (κ1) is 15.8. The van der Waals surface area contributed by atoms with Gasteiger partial charge in [-0.1, -0.05) is 0 Å². The molecule has 0 radical (unpaired) electrons. The van der Waals surface area contributed by atoms with E-state index in [-0.39, 0.29) is 5.82 Å². The molecule has 0 aromatic heterocycles. The Kier molecular flexibility index (Phi) is 5.17. The first-order chi connectivity index (χ1) is 9.99. The molecule has 1 aliphatic carbocycles. The number of aliphatic carboxylic acids is 1. The van der Waals surface area contributed by atoms with Crippen molar-refractivity contribution in [2.45, 2.75) is 50.6 Å². The number of carboxylic acid groups (broad SMARTS) is 1. The second-order valence-corrected chi connectivity index (χ2v) is 5.82. The molecule has 4 nitrogen and oxygen atoms in total. The van der Waals surface area contributed by atoms with Gasteiger partial charge in [-0.2, -0.15) is 0 Å². The highest BCUT2D eigenvalue weighted by Crippen LogP contribution is 2.25. The van der Waals surface area contributed by atoms with Crippen LogP contribution >= 0.6 is 0 Å². The molecule has 1 atom stereocenters. The summed E-state index contributed by atoms with van der Waals surface area (Å²) in [6, 6.07) is 6.25. The summed E-state index contributed by atoms with van der Waals surface area (Å²) in [5, 5.41) is 12.5. The van der Waals surface area contributed by atoms with E-state index in [0.717, 1.165) is 25.7 Å². The summed E-state index contributed by atoms with van der Waals surface area (Å²) >= 11 is 0. The van der Waals surface area contributed by atoms with E-state index in [1.54, 1.807) is 19.1 Å². The average Bonchev–Trinajstić information content (AvgIpc) is 3.24. The van der Waals surface area contributed by atoms with Gasteiger partial charge in [-0.3, -0.25) is 10.1 Å². The number of halogens is 1. The van der Waals surface area contributed by atoms with Gasteiger partial charge in [0.1, 0.15) is 17.1 Å². The van der Waals surface area contributed by atoms with Gasteiger partial charge in [0.2, 0.25) is 0 Å². The summed E-state index contributed by atoms with van der Waals surface area (Å²) in [6.45, 7) is 2.25. The molecule has 0 saturated heterocycles. The van der Waals surface area contributed by atoms with Gasteiger partial charge in [0.25, 0.3) is 0 Å². The number of ether oxygens (including phenoxy) is 1. The second kappa shape index (κ2) is 6.89. The Bertz CT molecular complexity index is 473. The normalized spacial score (nSPS) is 17.2. The molecule has 2 rings (SSSR count). The Morgan fingerprint density at radius 3 is 2.62 bits per heavy atom. The van der Waals surface area contributed by atoms with E-state index < -0.39 is 11.5 Å². The quantitative estimate of drug-likeness (QED) is 0.688. The van der Waals surface area contributed by atoms with Crippen molar-refractivity contribution in [1.82, 2.24) is 5.32 Å². The number of rotatable bonds is 9. The fourth-order valence-electron chi connectivity index (χ4n) is 2.22. The van der Waals surface area contributed by atoms with E-state index in [0.29, 0.717) is 24.8 Å². The van der Waals surface area contributed by atoms with Gasteiger partial charge in [-0.05, 0) is 63.3 Å². The van der Waals surface area contributed by atoms with Crippen LogP contribution in [0.15, 0.2) is 24.3 Å². The van der Waals surface area contributed by atoms with Gasteiger partial charge in [-0.15, -0.1) is 0 Å². The first-order valence-electron chi connectivity index (χ1n) is 7.39. The van der Waals surface area contributed by atoms with Crippen LogP contribution in [-0.4, -0.2) is 29.3 Å². The fraction of sp³-hybridized carbons (Fsp3) is 0.562. The zero-order valence-electron chi connectivity index (χ0n) is 12.3. The zero-order valence-corrected chi connectivity index (χ0v) is 12.3. The van der Waals surface area contributed by atoms with Crippen LogP contribution in [0.1, 0.15) is 39.0 Å². The lowest BCUT2D eigenvalue weighted by Gasteiger charge is -2.26. The number of unbranched alkanes of at least 4 members (excludes halogenated alkanes) is 1. The molecule has 1 aromatic carbocycles. The highest BCUT2D eigenvalue weighted by molar-refractivity contribution is 5.78. The first-order valence-corrected chi connectivity index (χ1v) is 7.39. The van der Waals surface area contributed by atoms with E-state index in [2.05, 4.69) is 5.32 Å². The standard InChI is InChI=1S/C16H22FNO3/c1-16(15(19)20,18-13-6-7-13)10-2-3-11-21-14-8-4-12(17)5-9-14/h4-5,8-9,13,18H,2-3,6-7,10-11H2,1H3,(H,19,20). The third kappa shape index (κ3) is 5.01. The van der Waals surface area contributed by atoms with Crippen LogP contribution in [-0.2, 0) is 4.79 Å². The minimum atomic E-state index is -0.850. The van der Waals surface area contributed by atoms with E-state index in [1.807, 2.05) is 0 Å². The van der Waals surface area contributed by atoms with Crippen molar-refractivity contribution in [3.05, 3.63) is 30.1 Å². The smallest absolute Gasteiger partial charge is 0.323 e. The Labute approximate surface area is 124 Å². The van der Waals surface area contributed by atoms with Gasteiger partial charge >= 0.3 is 5.97 Å². The third-order valence-corrected chi connectivity index (χ3v) is 3.73. The maximum Gasteiger partial charge on any atom is 0.323 e. The molecule has 0 amide bonds. The fourth-order valence-corrected chi connectivity index (χ4v) is 2.22. The van der Waals surface area contributed by atoms with Crippen LogP contribution in [0.25, 0.3) is 0 Å². The van der Waals surface area contributed by atoms with Crippen molar-refractivity contribution in [3.8, 4) is 5.75 Å². The van der Waals surface area contributed by atoms with Crippen LogP contribution in [0.2, 0.25) is 0 Å². The number of benzene rings is 1. The lowest BCUT2D eigenvalue weighted by Crippen LogP contribution is -2.50. The summed E-state index contributed by atoms with van der Waals surface area (Å²) in [6.07, 6.45) is 4.25. The maximum absolute atomic E-state index is 12.7. The summed E-state index contributed by atoms with van der Waals surface area (Å²) in [4.78, 5) is 11.4. The van der Waals surface area contributed by atoms with Gasteiger partial charge in [0.05, 0.1) is 6.61 Å². The predicted octanol–water partition coefficient (Wildman–Crippen LogP) is 2.97. The molecule has 5 heteroatoms. The van der Waals surface area contributed by atoms with E-state index in [9.17, 15) is 14.3 Å². The number of hydrogen-bond donors (Lipinski definition) is 2. The Morgan fingerprint density at radius 1 is 1.38 bits per heavy atom. The number of nitrogens with one attached hydrogen (secondary N) is 1. The van der Waals surface area contributed by atoms with Gasteiger partial charge in [0, 0.05) is 6.04 Å². The van der Waals surface area contributed by atoms with Crippen LogP contribution in [0.5, 0.6) is 5.75 Å². The minimum Gasteiger partial charge on any atom is -0.494 e. The molecule has 0 aliphatic heterocycles.